The van der Waals surface area contributed by atoms with Gasteiger partial charge < -0.3 is 15.4 Å². The van der Waals surface area contributed by atoms with Crippen LogP contribution in [0.15, 0.2) is 18.2 Å². The van der Waals surface area contributed by atoms with Gasteiger partial charge in [-0.1, -0.05) is 12.1 Å². The van der Waals surface area contributed by atoms with Gasteiger partial charge in [0.25, 0.3) is 0 Å². The molecule has 1 aromatic rings. The molecule has 2 rings (SSSR count). The Morgan fingerprint density at radius 1 is 1.35 bits per heavy atom. The van der Waals surface area contributed by atoms with Crippen LogP contribution >= 0.6 is 0 Å². The molecule has 1 heterocycles. The van der Waals surface area contributed by atoms with Gasteiger partial charge in [0.05, 0.1) is 6.61 Å². The Hall–Kier alpha value is -1.55. The quantitative estimate of drug-likeness (QED) is 0.877. The van der Waals surface area contributed by atoms with Gasteiger partial charge in [-0.15, -0.1) is 0 Å². The van der Waals surface area contributed by atoms with Crippen LogP contribution in [0.2, 0.25) is 0 Å². The number of likely N-dealkylation sites (tertiary alicyclic amines) is 1. The van der Waals surface area contributed by atoms with Gasteiger partial charge in [-0.05, 0) is 63.1 Å². The van der Waals surface area contributed by atoms with Crippen molar-refractivity contribution < 1.29 is 9.53 Å². The van der Waals surface area contributed by atoms with E-state index in [1.165, 1.54) is 5.56 Å². The molecule has 1 aliphatic rings. The Morgan fingerprint density at radius 3 is 2.91 bits per heavy atom. The highest BCUT2D eigenvalue weighted by molar-refractivity contribution is 5.76. The zero-order chi connectivity index (χ0) is 16.7. The monoisotopic (exact) mass is 318 g/mol. The van der Waals surface area contributed by atoms with Crippen LogP contribution in [0.1, 0.15) is 50.2 Å². The minimum Gasteiger partial charge on any atom is -0.494 e. The van der Waals surface area contributed by atoms with E-state index in [0.717, 1.165) is 56.5 Å². The molecular formula is C19H30N2O2. The molecule has 0 bridgehead atoms. The van der Waals surface area contributed by atoms with Crippen LogP contribution in [0.3, 0.4) is 0 Å². The maximum atomic E-state index is 12.3. The molecule has 1 saturated heterocycles. The molecule has 0 aliphatic carbocycles. The number of nitrogens with two attached hydrogens (primary N) is 1. The van der Waals surface area contributed by atoms with Gasteiger partial charge in [0, 0.05) is 25.6 Å². The van der Waals surface area contributed by atoms with Gasteiger partial charge >= 0.3 is 0 Å². The van der Waals surface area contributed by atoms with Gasteiger partial charge in [-0.3, -0.25) is 4.79 Å². The number of benzene rings is 1. The third-order valence-corrected chi connectivity index (χ3v) is 4.52. The van der Waals surface area contributed by atoms with Gasteiger partial charge in [0.2, 0.25) is 5.91 Å². The number of ether oxygens (including phenoxy) is 1. The summed E-state index contributed by atoms with van der Waals surface area (Å²) in [6.07, 6.45) is 5.46. The normalized spacial score (nSPS) is 18.6. The van der Waals surface area contributed by atoms with Gasteiger partial charge in [0.1, 0.15) is 5.75 Å². The Morgan fingerprint density at radius 2 is 2.17 bits per heavy atom. The van der Waals surface area contributed by atoms with E-state index in [-0.39, 0.29) is 11.9 Å². The Balaban J connectivity index is 1.78. The van der Waals surface area contributed by atoms with Crippen molar-refractivity contribution in [3.63, 3.8) is 0 Å². The molecule has 0 aromatic heterocycles. The molecular weight excluding hydrogens is 288 g/mol. The van der Waals surface area contributed by atoms with Crippen LogP contribution in [0.25, 0.3) is 0 Å². The summed E-state index contributed by atoms with van der Waals surface area (Å²) in [6, 6.07) is 6.57. The molecule has 4 heteroatoms. The number of carbonyl (C=O) groups is 1. The van der Waals surface area contributed by atoms with Crippen molar-refractivity contribution in [3.8, 4) is 5.75 Å². The molecule has 4 nitrogen and oxygen atoms in total. The molecule has 0 radical (unpaired) electrons. The average molecular weight is 318 g/mol. The summed E-state index contributed by atoms with van der Waals surface area (Å²) in [4.78, 5) is 14.3. The van der Waals surface area contributed by atoms with Crippen molar-refractivity contribution in [2.75, 3.05) is 19.7 Å². The van der Waals surface area contributed by atoms with E-state index in [2.05, 4.69) is 19.1 Å². The largest absolute Gasteiger partial charge is 0.494 e. The van der Waals surface area contributed by atoms with Crippen molar-refractivity contribution in [2.45, 2.75) is 58.4 Å². The summed E-state index contributed by atoms with van der Waals surface area (Å²) in [5.74, 6) is 1.23. The minimum atomic E-state index is 0.264. The third kappa shape index (κ3) is 5.54. The molecule has 1 amide bonds. The van der Waals surface area contributed by atoms with E-state index in [9.17, 15) is 4.79 Å². The third-order valence-electron chi connectivity index (χ3n) is 4.52. The number of hydrogen-bond acceptors (Lipinski definition) is 3. The zero-order valence-electron chi connectivity index (χ0n) is 14.5. The first-order valence-electron chi connectivity index (χ1n) is 8.86. The number of nitrogens with zero attached hydrogens (tertiary/aromatic N) is 1. The summed E-state index contributed by atoms with van der Waals surface area (Å²) in [7, 11) is 0. The highest BCUT2D eigenvalue weighted by Gasteiger charge is 2.18. The second kappa shape index (κ2) is 8.92. The van der Waals surface area contributed by atoms with Gasteiger partial charge in [-0.25, -0.2) is 0 Å². The smallest absolute Gasteiger partial charge is 0.222 e. The fourth-order valence-electron chi connectivity index (χ4n) is 3.16. The molecule has 23 heavy (non-hydrogen) atoms. The fraction of sp³-hybridized carbons (Fsp3) is 0.632. The zero-order valence-corrected chi connectivity index (χ0v) is 14.5. The first-order chi connectivity index (χ1) is 11.1. The Kier molecular flexibility index (Phi) is 6.90. The van der Waals surface area contributed by atoms with Crippen molar-refractivity contribution in [2.24, 2.45) is 5.73 Å². The van der Waals surface area contributed by atoms with Gasteiger partial charge in [-0.2, -0.15) is 0 Å². The van der Waals surface area contributed by atoms with Crippen LogP contribution in [0.4, 0.5) is 0 Å². The standard InChI is InChI=1S/C19H30N2O2/c1-3-23-18-10-9-16(14-15(18)2)6-4-8-19(22)21-12-5-7-17(20)11-13-21/h9-10,14,17H,3-8,11-13,20H2,1-2H3. The average Bonchev–Trinajstić information content (AvgIpc) is 2.75. The topological polar surface area (TPSA) is 55.6 Å². The second-order valence-electron chi connectivity index (χ2n) is 6.46. The van der Waals surface area contributed by atoms with Crippen LogP contribution in [-0.4, -0.2) is 36.5 Å². The molecule has 1 aromatic carbocycles. The molecule has 1 aliphatic heterocycles. The summed E-state index contributed by atoms with van der Waals surface area (Å²) >= 11 is 0. The summed E-state index contributed by atoms with van der Waals surface area (Å²) in [5.41, 5.74) is 8.41. The summed E-state index contributed by atoms with van der Waals surface area (Å²) in [5, 5.41) is 0. The molecule has 1 fully saturated rings. The Bertz CT molecular complexity index is 516. The second-order valence-corrected chi connectivity index (χ2v) is 6.46. The number of hydrogen-bond donors (Lipinski definition) is 1. The van der Waals surface area contributed by atoms with Crippen LogP contribution in [0, 0.1) is 6.92 Å². The Labute approximate surface area is 140 Å². The van der Waals surface area contributed by atoms with Crippen LogP contribution < -0.4 is 10.5 Å². The summed E-state index contributed by atoms with van der Waals surface area (Å²) in [6.45, 7) is 6.44. The molecule has 0 saturated carbocycles. The van der Waals surface area contributed by atoms with Crippen molar-refractivity contribution in [1.29, 1.82) is 0 Å². The highest BCUT2D eigenvalue weighted by Crippen LogP contribution is 2.20. The van der Waals surface area contributed by atoms with E-state index in [1.807, 2.05) is 17.9 Å². The summed E-state index contributed by atoms with van der Waals surface area (Å²) < 4.78 is 5.56. The predicted octanol–water partition coefficient (Wildman–Crippen LogP) is 3.06. The van der Waals surface area contributed by atoms with Crippen molar-refractivity contribution in [3.05, 3.63) is 29.3 Å². The lowest BCUT2D eigenvalue weighted by Crippen LogP contribution is -2.32. The van der Waals surface area contributed by atoms with E-state index in [1.54, 1.807) is 0 Å². The SMILES string of the molecule is CCOc1ccc(CCCC(=O)N2CCCC(N)CC2)cc1C. The van der Waals surface area contributed by atoms with E-state index in [0.29, 0.717) is 13.0 Å². The van der Waals surface area contributed by atoms with E-state index in [4.69, 9.17) is 10.5 Å². The first kappa shape index (κ1) is 17.8. The van der Waals surface area contributed by atoms with Gasteiger partial charge in [0.15, 0.2) is 0 Å². The number of amides is 1. The number of carbonyl (C=O) groups excluding carboxylic acids is 1. The van der Waals surface area contributed by atoms with Crippen molar-refractivity contribution >= 4 is 5.91 Å². The van der Waals surface area contributed by atoms with Crippen LogP contribution in [-0.2, 0) is 11.2 Å². The lowest BCUT2D eigenvalue weighted by atomic mass is 10.0. The molecule has 1 unspecified atom stereocenters. The van der Waals surface area contributed by atoms with E-state index >= 15 is 0 Å². The highest BCUT2D eigenvalue weighted by atomic mass is 16.5. The minimum absolute atomic E-state index is 0.264. The van der Waals surface area contributed by atoms with Crippen LogP contribution in [0.5, 0.6) is 5.75 Å². The maximum Gasteiger partial charge on any atom is 0.222 e. The molecule has 2 N–H and O–H groups in total. The predicted molar refractivity (Wildman–Crippen MR) is 93.7 cm³/mol. The fourth-order valence-corrected chi connectivity index (χ4v) is 3.16. The lowest BCUT2D eigenvalue weighted by molar-refractivity contribution is -0.131. The lowest BCUT2D eigenvalue weighted by Gasteiger charge is -2.20. The number of aryl methyl sites for hydroxylation is 2. The molecule has 1 atom stereocenters. The molecule has 128 valence electrons. The first-order valence-corrected chi connectivity index (χ1v) is 8.86. The van der Waals surface area contributed by atoms with E-state index < -0.39 is 0 Å². The van der Waals surface area contributed by atoms with Crippen molar-refractivity contribution in [1.82, 2.24) is 4.90 Å². The number of rotatable bonds is 6. The molecule has 0 spiro atoms. The maximum absolute atomic E-state index is 12.3.